The molecule has 0 saturated heterocycles. The summed E-state index contributed by atoms with van der Waals surface area (Å²) in [5, 5.41) is 20.9. The number of carboxylic acids is 1. The van der Waals surface area contributed by atoms with Crippen LogP contribution in [0.4, 0.5) is 17.6 Å². The third-order valence-electron chi connectivity index (χ3n) is 5.16. The van der Waals surface area contributed by atoms with Crippen LogP contribution >= 0.6 is 0 Å². The normalized spacial score (nSPS) is 11.8. The van der Waals surface area contributed by atoms with E-state index < -0.39 is 36.9 Å². The lowest BCUT2D eigenvalue weighted by Gasteiger charge is -2.16. The maximum atomic E-state index is 14.9. The fraction of sp³-hybridized carbons (Fsp3) is 0.208. The van der Waals surface area contributed by atoms with Crippen molar-refractivity contribution < 1.29 is 42.0 Å². The third kappa shape index (κ3) is 4.30. The van der Waals surface area contributed by atoms with E-state index in [2.05, 4.69) is 0 Å². The Balaban J connectivity index is 2.00. The van der Waals surface area contributed by atoms with Gasteiger partial charge in [-0.25, -0.2) is 4.39 Å². The summed E-state index contributed by atoms with van der Waals surface area (Å²) in [6, 6.07) is 10.2. The van der Waals surface area contributed by atoms with E-state index in [-0.39, 0.29) is 40.1 Å². The number of carbonyl (C=O) groups is 1. The second-order valence-corrected chi connectivity index (χ2v) is 7.51. The number of alkyl halides is 3. The summed E-state index contributed by atoms with van der Waals surface area (Å²) in [5.74, 6) is -2.35. The molecule has 3 aromatic carbocycles. The fourth-order valence-electron chi connectivity index (χ4n) is 3.87. The van der Waals surface area contributed by atoms with E-state index in [0.717, 1.165) is 10.6 Å². The van der Waals surface area contributed by atoms with Crippen molar-refractivity contribution >= 4 is 27.5 Å². The standard InChI is InChI=1S/C24H19F4NO5/c1-2-33-22-15-6-4-3-5-14(15)21(34-12-24(26,27)28)16-11-29(23(32)20(16)22)18-8-7-13(9-17(18)25)10-19(30)31/h3-9,11,32H,2,10,12H2,1H3,(H,30,31). The second-order valence-electron chi connectivity index (χ2n) is 7.51. The third-order valence-corrected chi connectivity index (χ3v) is 5.16. The first kappa shape index (κ1) is 23.2. The van der Waals surface area contributed by atoms with E-state index in [4.69, 9.17) is 14.6 Å². The number of fused-ring (bicyclic) bond motifs is 2. The predicted octanol–water partition coefficient (Wildman–Crippen LogP) is 5.60. The number of halogens is 4. The summed E-state index contributed by atoms with van der Waals surface area (Å²) in [5.41, 5.74) is 0.0796. The van der Waals surface area contributed by atoms with Crippen molar-refractivity contribution in [3.8, 4) is 23.1 Å². The number of benzene rings is 3. The molecule has 0 spiro atoms. The summed E-state index contributed by atoms with van der Waals surface area (Å²) in [7, 11) is 0. The summed E-state index contributed by atoms with van der Waals surface area (Å²) >= 11 is 0. The minimum Gasteiger partial charge on any atom is -0.494 e. The molecule has 0 bridgehead atoms. The van der Waals surface area contributed by atoms with Crippen molar-refractivity contribution in [2.24, 2.45) is 0 Å². The van der Waals surface area contributed by atoms with Crippen LogP contribution in [0.1, 0.15) is 12.5 Å². The lowest BCUT2D eigenvalue weighted by molar-refractivity contribution is -0.153. The molecule has 0 aliphatic rings. The molecule has 0 radical (unpaired) electrons. The van der Waals surface area contributed by atoms with Crippen LogP contribution < -0.4 is 9.47 Å². The zero-order valence-electron chi connectivity index (χ0n) is 17.8. The van der Waals surface area contributed by atoms with Gasteiger partial charge in [0, 0.05) is 17.0 Å². The largest absolute Gasteiger partial charge is 0.494 e. The Morgan fingerprint density at radius 3 is 2.29 bits per heavy atom. The molecule has 0 atom stereocenters. The van der Waals surface area contributed by atoms with Crippen LogP contribution in [-0.2, 0) is 11.2 Å². The zero-order chi connectivity index (χ0) is 24.6. The van der Waals surface area contributed by atoms with Gasteiger partial charge in [-0.2, -0.15) is 13.2 Å². The number of ether oxygens (including phenoxy) is 2. The van der Waals surface area contributed by atoms with Gasteiger partial charge in [-0.1, -0.05) is 30.3 Å². The van der Waals surface area contributed by atoms with E-state index in [0.29, 0.717) is 10.8 Å². The lowest BCUT2D eigenvalue weighted by atomic mass is 10.0. The van der Waals surface area contributed by atoms with Gasteiger partial charge in [-0.05, 0) is 24.6 Å². The van der Waals surface area contributed by atoms with E-state index in [1.807, 2.05) is 0 Å². The van der Waals surface area contributed by atoms with Crippen LogP contribution in [0.3, 0.4) is 0 Å². The highest BCUT2D eigenvalue weighted by atomic mass is 19.4. The molecule has 1 heterocycles. The Morgan fingerprint density at radius 1 is 1.03 bits per heavy atom. The Morgan fingerprint density at radius 2 is 1.71 bits per heavy atom. The molecule has 4 aromatic rings. The van der Waals surface area contributed by atoms with Crippen LogP contribution in [0.25, 0.3) is 27.2 Å². The molecule has 34 heavy (non-hydrogen) atoms. The van der Waals surface area contributed by atoms with Crippen molar-refractivity contribution in [2.75, 3.05) is 13.2 Å². The van der Waals surface area contributed by atoms with Gasteiger partial charge in [0.05, 0.1) is 29.5 Å². The average Bonchev–Trinajstić information content (AvgIpc) is 3.09. The molecule has 0 aliphatic heterocycles. The highest BCUT2D eigenvalue weighted by Crippen LogP contribution is 2.48. The lowest BCUT2D eigenvalue weighted by Crippen LogP contribution is -2.19. The van der Waals surface area contributed by atoms with Crippen molar-refractivity contribution in [2.45, 2.75) is 19.5 Å². The van der Waals surface area contributed by atoms with Gasteiger partial charge in [-0.15, -0.1) is 0 Å². The number of nitrogens with zero attached hydrogens (tertiary/aromatic N) is 1. The van der Waals surface area contributed by atoms with E-state index in [1.165, 1.54) is 18.3 Å². The summed E-state index contributed by atoms with van der Waals surface area (Å²) in [4.78, 5) is 10.9. The molecule has 0 aliphatic carbocycles. The minimum absolute atomic E-state index is 0.0618. The Bertz CT molecular complexity index is 1390. The highest BCUT2D eigenvalue weighted by Gasteiger charge is 2.31. The number of hydrogen-bond acceptors (Lipinski definition) is 4. The van der Waals surface area contributed by atoms with Crippen molar-refractivity contribution in [1.82, 2.24) is 4.57 Å². The SMILES string of the molecule is CCOc1c2ccccc2c(OCC(F)(F)F)c2cn(-c3ccc(CC(=O)O)cc3F)c(O)c12. The van der Waals surface area contributed by atoms with E-state index in [1.54, 1.807) is 31.2 Å². The number of rotatable bonds is 7. The smallest absolute Gasteiger partial charge is 0.422 e. The first-order valence-electron chi connectivity index (χ1n) is 10.2. The Labute approximate surface area is 190 Å². The van der Waals surface area contributed by atoms with Crippen molar-refractivity contribution in [1.29, 1.82) is 0 Å². The Kier molecular flexibility index (Phi) is 5.99. The molecule has 178 valence electrons. The van der Waals surface area contributed by atoms with Crippen LogP contribution in [0, 0.1) is 5.82 Å². The first-order chi connectivity index (χ1) is 16.1. The number of hydrogen-bond donors (Lipinski definition) is 2. The number of aromatic hydroxyl groups is 1. The molecule has 6 nitrogen and oxygen atoms in total. The van der Waals surface area contributed by atoms with Gasteiger partial charge in [0.15, 0.2) is 6.61 Å². The highest BCUT2D eigenvalue weighted by molar-refractivity contribution is 6.13. The number of aromatic nitrogens is 1. The van der Waals surface area contributed by atoms with Gasteiger partial charge in [0.1, 0.15) is 17.3 Å². The van der Waals surface area contributed by atoms with Crippen LogP contribution in [0.5, 0.6) is 17.4 Å². The maximum absolute atomic E-state index is 14.9. The molecule has 1 aromatic heterocycles. The quantitative estimate of drug-likeness (QED) is 0.339. The Hall–Kier alpha value is -3.95. The first-order valence-corrected chi connectivity index (χ1v) is 10.2. The van der Waals surface area contributed by atoms with Gasteiger partial charge in [0.2, 0.25) is 5.88 Å². The molecule has 0 fully saturated rings. The summed E-state index contributed by atoms with van der Waals surface area (Å²) in [6.45, 7) is 0.346. The maximum Gasteiger partial charge on any atom is 0.422 e. The van der Waals surface area contributed by atoms with Crippen LogP contribution in [0.15, 0.2) is 48.7 Å². The minimum atomic E-state index is -4.61. The fourth-order valence-corrected chi connectivity index (χ4v) is 3.87. The summed E-state index contributed by atoms with van der Waals surface area (Å²) in [6.07, 6.45) is -3.74. The van der Waals surface area contributed by atoms with Crippen molar-refractivity contribution in [3.05, 3.63) is 60.0 Å². The molecule has 0 amide bonds. The van der Waals surface area contributed by atoms with E-state index in [9.17, 15) is 27.5 Å². The molecule has 4 rings (SSSR count). The van der Waals surface area contributed by atoms with Gasteiger partial charge in [-0.3, -0.25) is 9.36 Å². The molecular weight excluding hydrogens is 458 g/mol. The molecule has 0 unspecified atom stereocenters. The molecular formula is C24H19F4NO5. The van der Waals surface area contributed by atoms with Gasteiger partial charge < -0.3 is 19.7 Å². The number of aliphatic carboxylic acids is 1. The van der Waals surface area contributed by atoms with Crippen LogP contribution in [0.2, 0.25) is 0 Å². The second kappa shape index (κ2) is 8.77. The topological polar surface area (TPSA) is 80.9 Å². The monoisotopic (exact) mass is 477 g/mol. The number of carboxylic acid groups (broad SMARTS) is 1. The van der Waals surface area contributed by atoms with Gasteiger partial charge in [0.25, 0.3) is 0 Å². The van der Waals surface area contributed by atoms with E-state index >= 15 is 0 Å². The van der Waals surface area contributed by atoms with Crippen molar-refractivity contribution in [3.63, 3.8) is 0 Å². The zero-order valence-corrected chi connectivity index (χ0v) is 17.8. The molecule has 10 heteroatoms. The molecule has 2 N–H and O–H groups in total. The molecule has 0 saturated carbocycles. The van der Waals surface area contributed by atoms with Gasteiger partial charge >= 0.3 is 12.1 Å². The average molecular weight is 477 g/mol. The predicted molar refractivity (Wildman–Crippen MR) is 116 cm³/mol. The summed E-state index contributed by atoms with van der Waals surface area (Å²) < 4.78 is 65.8. The van der Waals surface area contributed by atoms with Crippen LogP contribution in [-0.4, -0.2) is 40.1 Å².